The van der Waals surface area contributed by atoms with Crippen molar-refractivity contribution in [2.75, 3.05) is 13.2 Å². The molecule has 0 heterocycles. The third-order valence-electron chi connectivity index (χ3n) is 13.7. The fourth-order valence-corrected chi connectivity index (χ4v) is 9.00. The van der Waals surface area contributed by atoms with Crippen molar-refractivity contribution < 1.29 is 28.6 Å². The molecule has 0 fully saturated rings. The number of carbonyl (C=O) groups excluding carboxylic acids is 3. The van der Waals surface area contributed by atoms with Gasteiger partial charge in [0, 0.05) is 19.3 Å². The highest BCUT2D eigenvalue weighted by Gasteiger charge is 2.19. The maximum absolute atomic E-state index is 12.9. The molecule has 0 aromatic heterocycles. The molecule has 73 heavy (non-hydrogen) atoms. The molecule has 0 spiro atoms. The molecular formula is C67H118O6. The first-order valence-corrected chi connectivity index (χ1v) is 31.4. The van der Waals surface area contributed by atoms with E-state index in [1.165, 1.54) is 180 Å². The van der Waals surface area contributed by atoms with E-state index < -0.39 is 6.10 Å². The van der Waals surface area contributed by atoms with Crippen molar-refractivity contribution in [3.05, 3.63) is 72.9 Å². The van der Waals surface area contributed by atoms with Gasteiger partial charge >= 0.3 is 17.9 Å². The molecule has 0 saturated carbocycles. The maximum Gasteiger partial charge on any atom is 0.306 e. The highest BCUT2D eigenvalue weighted by atomic mass is 16.6. The molecule has 0 aromatic rings. The number of hydrogen-bond acceptors (Lipinski definition) is 6. The van der Waals surface area contributed by atoms with Gasteiger partial charge in [-0.3, -0.25) is 14.4 Å². The number of allylic oxidation sites excluding steroid dienone is 12. The second-order valence-corrected chi connectivity index (χ2v) is 20.9. The van der Waals surface area contributed by atoms with Crippen LogP contribution in [-0.4, -0.2) is 37.2 Å². The SMILES string of the molecule is CC/C=C\C/C=C\C/C=C\C/C=C\C/C=C\CCCCCCCCCC(=O)OCC(COC(=O)CCCCCCCCCCCCCCCCC)OC(=O)CCCCCCCCC/C=C\CCCCCCCC. The molecule has 0 amide bonds. The minimum Gasteiger partial charge on any atom is -0.462 e. The number of unbranched alkanes of at least 4 members (excludes halogenated alkanes) is 34. The monoisotopic (exact) mass is 1020 g/mol. The van der Waals surface area contributed by atoms with Crippen molar-refractivity contribution in [3.63, 3.8) is 0 Å². The van der Waals surface area contributed by atoms with Gasteiger partial charge in [0.15, 0.2) is 6.10 Å². The van der Waals surface area contributed by atoms with E-state index in [0.717, 1.165) is 96.3 Å². The lowest BCUT2D eigenvalue weighted by Crippen LogP contribution is -2.30. The van der Waals surface area contributed by atoms with Crippen LogP contribution in [0.1, 0.15) is 316 Å². The average Bonchev–Trinajstić information content (AvgIpc) is 3.39. The van der Waals surface area contributed by atoms with Crippen molar-refractivity contribution in [1.29, 1.82) is 0 Å². The van der Waals surface area contributed by atoms with Crippen molar-refractivity contribution in [2.45, 2.75) is 322 Å². The fourth-order valence-electron chi connectivity index (χ4n) is 9.00. The van der Waals surface area contributed by atoms with Gasteiger partial charge in [0.1, 0.15) is 13.2 Å². The summed E-state index contributed by atoms with van der Waals surface area (Å²) in [5.74, 6) is -0.878. The van der Waals surface area contributed by atoms with Gasteiger partial charge in [-0.2, -0.15) is 0 Å². The third kappa shape index (κ3) is 59.6. The Morgan fingerprint density at radius 2 is 0.534 bits per heavy atom. The topological polar surface area (TPSA) is 78.9 Å². The summed E-state index contributed by atoms with van der Waals surface area (Å²) in [6, 6.07) is 0. The summed E-state index contributed by atoms with van der Waals surface area (Å²) in [6.45, 7) is 6.55. The van der Waals surface area contributed by atoms with Crippen molar-refractivity contribution in [3.8, 4) is 0 Å². The van der Waals surface area contributed by atoms with Gasteiger partial charge in [-0.1, -0.05) is 280 Å². The van der Waals surface area contributed by atoms with Gasteiger partial charge < -0.3 is 14.2 Å². The van der Waals surface area contributed by atoms with Crippen molar-refractivity contribution in [1.82, 2.24) is 0 Å². The molecule has 6 nitrogen and oxygen atoms in total. The van der Waals surface area contributed by atoms with E-state index in [4.69, 9.17) is 14.2 Å². The quantitative estimate of drug-likeness (QED) is 0.0261. The van der Waals surface area contributed by atoms with E-state index in [-0.39, 0.29) is 31.1 Å². The Morgan fingerprint density at radius 1 is 0.288 bits per heavy atom. The highest BCUT2D eigenvalue weighted by Crippen LogP contribution is 2.16. The van der Waals surface area contributed by atoms with E-state index >= 15 is 0 Å². The van der Waals surface area contributed by atoms with E-state index in [1.807, 2.05) is 0 Å². The second kappa shape index (κ2) is 61.4. The molecule has 0 radical (unpaired) electrons. The number of ether oxygens (including phenoxy) is 3. The Kier molecular flexibility index (Phi) is 58.7. The van der Waals surface area contributed by atoms with Crippen LogP contribution in [0.3, 0.4) is 0 Å². The predicted molar refractivity (Wildman–Crippen MR) is 316 cm³/mol. The smallest absolute Gasteiger partial charge is 0.306 e. The number of hydrogen-bond donors (Lipinski definition) is 0. The van der Waals surface area contributed by atoms with Crippen LogP contribution in [0.15, 0.2) is 72.9 Å². The zero-order valence-corrected chi connectivity index (χ0v) is 48.4. The molecule has 0 N–H and O–H groups in total. The molecule has 0 rings (SSSR count). The molecule has 0 aliphatic heterocycles. The Bertz CT molecular complexity index is 1360. The van der Waals surface area contributed by atoms with Crippen molar-refractivity contribution in [2.24, 2.45) is 0 Å². The first-order chi connectivity index (χ1) is 36.0. The van der Waals surface area contributed by atoms with E-state index in [1.54, 1.807) is 0 Å². The van der Waals surface area contributed by atoms with Crippen molar-refractivity contribution >= 4 is 17.9 Å². The molecule has 422 valence electrons. The molecule has 0 aromatic carbocycles. The molecule has 1 atom stereocenters. The zero-order valence-electron chi connectivity index (χ0n) is 48.4. The fraction of sp³-hybridized carbons (Fsp3) is 0.776. The van der Waals surface area contributed by atoms with Crippen LogP contribution >= 0.6 is 0 Å². The average molecular weight is 1020 g/mol. The lowest BCUT2D eigenvalue weighted by atomic mass is 10.0. The summed E-state index contributed by atoms with van der Waals surface area (Å²) in [4.78, 5) is 38.3. The van der Waals surface area contributed by atoms with Gasteiger partial charge in [0.25, 0.3) is 0 Å². The molecule has 0 aliphatic rings. The summed E-state index contributed by atoms with van der Waals surface area (Å²) in [6.07, 6.45) is 78.9. The van der Waals surface area contributed by atoms with Gasteiger partial charge in [-0.25, -0.2) is 0 Å². The lowest BCUT2D eigenvalue weighted by Gasteiger charge is -2.18. The Morgan fingerprint density at radius 3 is 0.849 bits per heavy atom. The number of carbonyl (C=O) groups is 3. The van der Waals surface area contributed by atoms with Gasteiger partial charge in [-0.15, -0.1) is 0 Å². The third-order valence-corrected chi connectivity index (χ3v) is 13.7. The number of rotatable bonds is 57. The molecule has 0 aliphatic carbocycles. The minimum atomic E-state index is -0.782. The summed E-state index contributed by atoms with van der Waals surface area (Å²) < 4.78 is 16.9. The van der Waals surface area contributed by atoms with Crippen LogP contribution < -0.4 is 0 Å². The lowest BCUT2D eigenvalue weighted by molar-refractivity contribution is -0.167. The van der Waals surface area contributed by atoms with Gasteiger partial charge in [-0.05, 0) is 89.9 Å². The van der Waals surface area contributed by atoms with Crippen LogP contribution in [0.2, 0.25) is 0 Å². The first kappa shape index (κ1) is 69.8. The second-order valence-electron chi connectivity index (χ2n) is 20.9. The van der Waals surface area contributed by atoms with E-state index in [0.29, 0.717) is 19.3 Å². The molecular weight excluding hydrogens is 901 g/mol. The Labute approximate surface area is 453 Å². The standard InChI is InChI=1S/C67H118O6/c1-4-7-10-13-16-19-22-25-28-30-31-32-33-34-35-37-39-42-45-48-51-54-57-60-66(69)72-63-64(62-71-65(68)59-56-53-50-47-44-41-38-27-24-21-18-15-12-9-6-3)73-67(70)61-58-55-52-49-46-43-40-36-29-26-23-20-17-14-11-8-5-2/h7,10,16,19,25-26,28-29,31-32,34-35,64H,4-6,8-9,11-15,17-18,20-24,27,30,33,36-63H2,1-3H3/b10-7-,19-16-,28-25-,29-26-,32-31-,35-34-. The molecule has 0 saturated heterocycles. The van der Waals surface area contributed by atoms with Crippen LogP contribution in [0.25, 0.3) is 0 Å². The highest BCUT2D eigenvalue weighted by molar-refractivity contribution is 5.71. The molecule has 0 bridgehead atoms. The minimum absolute atomic E-state index is 0.0775. The first-order valence-electron chi connectivity index (χ1n) is 31.4. The summed E-state index contributed by atoms with van der Waals surface area (Å²) in [5, 5.41) is 0. The van der Waals surface area contributed by atoms with Crippen LogP contribution in [0.4, 0.5) is 0 Å². The van der Waals surface area contributed by atoms with Gasteiger partial charge in [0.2, 0.25) is 0 Å². The summed E-state index contributed by atoms with van der Waals surface area (Å²) >= 11 is 0. The number of esters is 3. The largest absolute Gasteiger partial charge is 0.462 e. The normalized spacial score (nSPS) is 12.5. The molecule has 1 unspecified atom stereocenters. The van der Waals surface area contributed by atoms with Crippen LogP contribution in [0.5, 0.6) is 0 Å². The van der Waals surface area contributed by atoms with Crippen LogP contribution in [-0.2, 0) is 28.6 Å². The van der Waals surface area contributed by atoms with E-state index in [9.17, 15) is 14.4 Å². The maximum atomic E-state index is 12.9. The summed E-state index contributed by atoms with van der Waals surface area (Å²) in [7, 11) is 0. The molecule has 6 heteroatoms. The van der Waals surface area contributed by atoms with E-state index in [2.05, 4.69) is 93.7 Å². The summed E-state index contributed by atoms with van der Waals surface area (Å²) in [5.41, 5.74) is 0. The van der Waals surface area contributed by atoms with Crippen LogP contribution in [0, 0.1) is 0 Å². The zero-order chi connectivity index (χ0) is 52.9. The Balaban J connectivity index is 4.37. The predicted octanol–water partition coefficient (Wildman–Crippen LogP) is 21.3. The Hall–Kier alpha value is -3.15. The van der Waals surface area contributed by atoms with Gasteiger partial charge in [0.05, 0.1) is 0 Å².